The molecule has 2 nitrogen and oxygen atoms in total. The molecule has 0 saturated heterocycles. The lowest BCUT2D eigenvalue weighted by atomic mass is 10.2. The van der Waals surface area contributed by atoms with E-state index in [0.29, 0.717) is 0 Å². The molecule has 0 aliphatic carbocycles. The molecule has 0 rings (SSSR count). The molecule has 2 N–H and O–H groups in total. The van der Waals surface area contributed by atoms with Crippen molar-refractivity contribution in [2.75, 3.05) is 0 Å². The maximum Gasteiger partial charge on any atom is 0.117 e. The molecule has 50 valence electrons. The highest BCUT2D eigenvalue weighted by molar-refractivity contribution is 4.96. The number of terminal acetylenes is 1. The van der Waals surface area contributed by atoms with Crippen molar-refractivity contribution in [3.8, 4) is 12.3 Å². The van der Waals surface area contributed by atoms with Gasteiger partial charge < -0.3 is 10.2 Å². The molecule has 0 spiro atoms. The molecule has 2 heteroatoms. The lowest BCUT2D eigenvalue weighted by Gasteiger charge is -2.04. The van der Waals surface area contributed by atoms with Crippen molar-refractivity contribution >= 4 is 0 Å². The van der Waals surface area contributed by atoms with E-state index in [1.807, 2.05) is 0 Å². The number of hydrogen-bond donors (Lipinski definition) is 2. The van der Waals surface area contributed by atoms with E-state index < -0.39 is 12.2 Å². The second-order valence-corrected chi connectivity index (χ2v) is 1.72. The second kappa shape index (κ2) is 4.13. The molecule has 0 aromatic carbocycles. The molecule has 9 heavy (non-hydrogen) atoms. The summed E-state index contributed by atoms with van der Waals surface area (Å²) >= 11 is 0. The van der Waals surface area contributed by atoms with Crippen molar-refractivity contribution in [1.29, 1.82) is 0 Å². The Labute approximate surface area is 54.8 Å². The highest BCUT2D eigenvalue weighted by Crippen LogP contribution is 1.96. The standard InChI is InChI=1S/C7H10O2/c1-3-6(8)5-7(9)4-2/h1,4,6-9H,2,5H2/t6-,7-/m1/s1. The van der Waals surface area contributed by atoms with Gasteiger partial charge in [0.25, 0.3) is 0 Å². The van der Waals surface area contributed by atoms with E-state index >= 15 is 0 Å². The Morgan fingerprint density at radius 1 is 1.67 bits per heavy atom. The van der Waals surface area contributed by atoms with Gasteiger partial charge in [0.1, 0.15) is 6.10 Å². The minimum absolute atomic E-state index is 0.167. The first-order chi connectivity index (χ1) is 4.20. The predicted octanol–water partition coefficient (Wildman–Crippen LogP) is -0.0825. The molecular weight excluding hydrogens is 116 g/mol. The number of rotatable bonds is 3. The Bertz CT molecular complexity index is 123. The average molecular weight is 126 g/mol. The van der Waals surface area contributed by atoms with Crippen LogP contribution in [-0.4, -0.2) is 22.4 Å². The summed E-state index contributed by atoms with van der Waals surface area (Å²) < 4.78 is 0. The summed E-state index contributed by atoms with van der Waals surface area (Å²) in [7, 11) is 0. The maximum atomic E-state index is 8.79. The van der Waals surface area contributed by atoms with Gasteiger partial charge in [-0.05, 0) is 0 Å². The van der Waals surface area contributed by atoms with Crippen LogP contribution in [0.5, 0.6) is 0 Å². The summed E-state index contributed by atoms with van der Waals surface area (Å²) in [6, 6.07) is 0. The molecule has 0 aliphatic rings. The monoisotopic (exact) mass is 126 g/mol. The van der Waals surface area contributed by atoms with E-state index in [1.165, 1.54) is 6.08 Å². The summed E-state index contributed by atoms with van der Waals surface area (Å²) in [5, 5.41) is 17.5. The summed E-state index contributed by atoms with van der Waals surface area (Å²) in [6.07, 6.45) is 4.77. The predicted molar refractivity (Wildman–Crippen MR) is 35.7 cm³/mol. The van der Waals surface area contributed by atoms with Gasteiger partial charge >= 0.3 is 0 Å². The Kier molecular flexibility index (Phi) is 3.78. The molecule has 2 atom stereocenters. The maximum absolute atomic E-state index is 8.79. The van der Waals surface area contributed by atoms with Crippen LogP contribution in [-0.2, 0) is 0 Å². The molecule has 0 saturated carbocycles. The molecule has 0 amide bonds. The van der Waals surface area contributed by atoms with Crippen LogP contribution in [0.25, 0.3) is 0 Å². The third kappa shape index (κ3) is 3.77. The van der Waals surface area contributed by atoms with Crippen molar-refractivity contribution in [2.45, 2.75) is 18.6 Å². The van der Waals surface area contributed by atoms with E-state index in [9.17, 15) is 0 Å². The van der Waals surface area contributed by atoms with Crippen molar-refractivity contribution in [1.82, 2.24) is 0 Å². The second-order valence-electron chi connectivity index (χ2n) is 1.72. The summed E-state index contributed by atoms with van der Waals surface area (Å²) in [5.74, 6) is 2.08. The highest BCUT2D eigenvalue weighted by atomic mass is 16.3. The Hall–Kier alpha value is -0.780. The van der Waals surface area contributed by atoms with Crippen molar-refractivity contribution in [3.05, 3.63) is 12.7 Å². The lowest BCUT2D eigenvalue weighted by Crippen LogP contribution is -2.13. The number of hydrogen-bond acceptors (Lipinski definition) is 2. The molecule has 0 radical (unpaired) electrons. The first kappa shape index (κ1) is 8.22. The van der Waals surface area contributed by atoms with Gasteiger partial charge in [0.05, 0.1) is 6.10 Å². The van der Waals surface area contributed by atoms with Gasteiger partial charge in [0, 0.05) is 6.42 Å². The summed E-state index contributed by atoms with van der Waals surface area (Å²) in [6.45, 7) is 3.32. The van der Waals surface area contributed by atoms with Crippen molar-refractivity contribution in [3.63, 3.8) is 0 Å². The molecule has 0 fully saturated rings. The molecule has 0 bridgehead atoms. The van der Waals surface area contributed by atoms with Gasteiger partial charge in [0.2, 0.25) is 0 Å². The van der Waals surface area contributed by atoms with E-state index in [-0.39, 0.29) is 6.42 Å². The fourth-order valence-corrected chi connectivity index (χ4v) is 0.393. The normalized spacial score (nSPS) is 15.7. The fourth-order valence-electron chi connectivity index (χ4n) is 0.393. The zero-order valence-corrected chi connectivity index (χ0v) is 5.12. The Balaban J connectivity index is 3.49. The third-order valence-corrected chi connectivity index (χ3v) is 0.929. The Morgan fingerprint density at radius 3 is 2.56 bits per heavy atom. The van der Waals surface area contributed by atoms with E-state index in [4.69, 9.17) is 16.6 Å². The molecule has 0 aromatic rings. The van der Waals surface area contributed by atoms with Crippen LogP contribution in [0.2, 0.25) is 0 Å². The zero-order chi connectivity index (χ0) is 7.28. The van der Waals surface area contributed by atoms with Crippen LogP contribution in [0.3, 0.4) is 0 Å². The topological polar surface area (TPSA) is 40.5 Å². The lowest BCUT2D eigenvalue weighted by molar-refractivity contribution is 0.138. The van der Waals surface area contributed by atoms with Crippen LogP contribution in [0.15, 0.2) is 12.7 Å². The van der Waals surface area contributed by atoms with E-state index in [0.717, 1.165) is 0 Å². The molecule has 0 heterocycles. The van der Waals surface area contributed by atoms with Gasteiger partial charge in [-0.15, -0.1) is 13.0 Å². The van der Waals surface area contributed by atoms with Gasteiger partial charge in [0.15, 0.2) is 0 Å². The van der Waals surface area contributed by atoms with Gasteiger partial charge in [-0.1, -0.05) is 12.0 Å². The molecule has 0 aromatic heterocycles. The molecule has 0 unspecified atom stereocenters. The fraction of sp³-hybridized carbons (Fsp3) is 0.429. The SMILES string of the molecule is C#C[C@@H](O)C[C@H](O)C=C. The van der Waals surface area contributed by atoms with Gasteiger partial charge in [-0.25, -0.2) is 0 Å². The zero-order valence-electron chi connectivity index (χ0n) is 5.12. The minimum Gasteiger partial charge on any atom is -0.389 e. The van der Waals surface area contributed by atoms with Crippen LogP contribution in [0.1, 0.15) is 6.42 Å². The molecular formula is C7H10O2. The largest absolute Gasteiger partial charge is 0.389 e. The quantitative estimate of drug-likeness (QED) is 0.410. The highest BCUT2D eigenvalue weighted by Gasteiger charge is 2.03. The smallest absolute Gasteiger partial charge is 0.117 e. The first-order valence-corrected chi connectivity index (χ1v) is 2.65. The molecule has 0 aliphatic heterocycles. The Morgan fingerprint density at radius 2 is 2.22 bits per heavy atom. The summed E-state index contributed by atoms with van der Waals surface area (Å²) in [5.41, 5.74) is 0. The van der Waals surface area contributed by atoms with Crippen LogP contribution < -0.4 is 0 Å². The van der Waals surface area contributed by atoms with E-state index in [1.54, 1.807) is 0 Å². The number of aliphatic hydroxyl groups is 2. The van der Waals surface area contributed by atoms with Gasteiger partial charge in [-0.3, -0.25) is 0 Å². The summed E-state index contributed by atoms with van der Waals surface area (Å²) in [4.78, 5) is 0. The van der Waals surface area contributed by atoms with E-state index in [2.05, 4.69) is 12.5 Å². The van der Waals surface area contributed by atoms with Crippen molar-refractivity contribution < 1.29 is 10.2 Å². The minimum atomic E-state index is -0.863. The third-order valence-electron chi connectivity index (χ3n) is 0.929. The van der Waals surface area contributed by atoms with Crippen LogP contribution >= 0.6 is 0 Å². The first-order valence-electron chi connectivity index (χ1n) is 2.65. The average Bonchev–Trinajstić information content (AvgIpc) is 1.87. The van der Waals surface area contributed by atoms with Crippen LogP contribution in [0.4, 0.5) is 0 Å². The van der Waals surface area contributed by atoms with Crippen LogP contribution in [0, 0.1) is 12.3 Å². The van der Waals surface area contributed by atoms with Crippen molar-refractivity contribution in [2.24, 2.45) is 0 Å². The number of aliphatic hydroxyl groups excluding tert-OH is 2. The van der Waals surface area contributed by atoms with Gasteiger partial charge in [-0.2, -0.15) is 0 Å².